The van der Waals surface area contributed by atoms with Crippen LogP contribution in [0.4, 0.5) is 5.69 Å². The minimum Gasteiger partial charge on any atom is -0.437 e. The summed E-state index contributed by atoms with van der Waals surface area (Å²) in [6.45, 7) is 4.40. The maximum Gasteiger partial charge on any atom is 0.242 e. The van der Waals surface area contributed by atoms with Crippen LogP contribution in [0.2, 0.25) is 0 Å². The highest BCUT2D eigenvalue weighted by molar-refractivity contribution is 5.48. The zero-order valence-corrected chi connectivity index (χ0v) is 10.8. The van der Waals surface area contributed by atoms with Crippen molar-refractivity contribution in [3.05, 3.63) is 48.2 Å². The van der Waals surface area contributed by atoms with Crippen LogP contribution >= 0.6 is 0 Å². The van der Waals surface area contributed by atoms with Crippen LogP contribution in [-0.4, -0.2) is 4.98 Å². The third-order valence-electron chi connectivity index (χ3n) is 3.08. The lowest BCUT2D eigenvalue weighted by molar-refractivity contribution is 0.465. The maximum atomic E-state index is 5.78. The van der Waals surface area contributed by atoms with Crippen LogP contribution in [0, 0.1) is 0 Å². The van der Waals surface area contributed by atoms with E-state index in [0.717, 1.165) is 12.2 Å². The SMILES string of the molecule is CCC(C)c1ccc(Oc2ncccc2N)cc1. The topological polar surface area (TPSA) is 48.1 Å². The van der Waals surface area contributed by atoms with Gasteiger partial charge in [0.1, 0.15) is 5.75 Å². The summed E-state index contributed by atoms with van der Waals surface area (Å²) < 4.78 is 5.64. The molecule has 1 unspecified atom stereocenters. The molecule has 18 heavy (non-hydrogen) atoms. The fraction of sp³-hybridized carbons (Fsp3) is 0.267. The van der Waals surface area contributed by atoms with E-state index in [2.05, 4.69) is 31.0 Å². The molecule has 0 fully saturated rings. The van der Waals surface area contributed by atoms with Crippen LogP contribution in [0.3, 0.4) is 0 Å². The third-order valence-corrected chi connectivity index (χ3v) is 3.08. The van der Waals surface area contributed by atoms with Gasteiger partial charge < -0.3 is 10.5 Å². The first-order valence-electron chi connectivity index (χ1n) is 6.19. The number of nitrogen functional groups attached to an aromatic ring is 1. The summed E-state index contributed by atoms with van der Waals surface area (Å²) in [4.78, 5) is 4.10. The molecule has 0 radical (unpaired) electrons. The van der Waals surface area contributed by atoms with Gasteiger partial charge in [0, 0.05) is 6.20 Å². The fourth-order valence-corrected chi connectivity index (χ4v) is 1.70. The monoisotopic (exact) mass is 242 g/mol. The molecule has 0 saturated heterocycles. The van der Waals surface area contributed by atoms with Crippen molar-refractivity contribution in [1.29, 1.82) is 0 Å². The molecular formula is C15H18N2O. The average Bonchev–Trinajstić information content (AvgIpc) is 2.41. The van der Waals surface area contributed by atoms with Gasteiger partial charge in [-0.1, -0.05) is 26.0 Å². The molecule has 0 spiro atoms. The van der Waals surface area contributed by atoms with E-state index < -0.39 is 0 Å². The van der Waals surface area contributed by atoms with E-state index in [4.69, 9.17) is 10.5 Å². The number of anilines is 1. The van der Waals surface area contributed by atoms with Crippen LogP contribution in [0.25, 0.3) is 0 Å². The second-order valence-electron chi connectivity index (χ2n) is 4.38. The van der Waals surface area contributed by atoms with Gasteiger partial charge in [0.05, 0.1) is 5.69 Å². The number of rotatable bonds is 4. The Balaban J connectivity index is 2.14. The van der Waals surface area contributed by atoms with Crippen molar-refractivity contribution in [1.82, 2.24) is 4.98 Å². The molecule has 0 aliphatic carbocycles. The smallest absolute Gasteiger partial charge is 0.242 e. The zero-order chi connectivity index (χ0) is 13.0. The van der Waals surface area contributed by atoms with Crippen LogP contribution in [-0.2, 0) is 0 Å². The zero-order valence-electron chi connectivity index (χ0n) is 10.8. The average molecular weight is 242 g/mol. The highest BCUT2D eigenvalue weighted by atomic mass is 16.5. The largest absolute Gasteiger partial charge is 0.437 e. The van der Waals surface area contributed by atoms with Gasteiger partial charge in [-0.25, -0.2) is 4.98 Å². The van der Waals surface area contributed by atoms with Crippen LogP contribution in [0.1, 0.15) is 31.7 Å². The van der Waals surface area contributed by atoms with Crippen LogP contribution in [0.15, 0.2) is 42.6 Å². The lowest BCUT2D eigenvalue weighted by Gasteiger charge is -2.10. The molecule has 0 bridgehead atoms. The van der Waals surface area contributed by atoms with Gasteiger partial charge in [0.2, 0.25) is 5.88 Å². The summed E-state index contributed by atoms with van der Waals surface area (Å²) in [5.41, 5.74) is 7.64. The molecule has 1 heterocycles. The van der Waals surface area contributed by atoms with E-state index >= 15 is 0 Å². The summed E-state index contributed by atoms with van der Waals surface area (Å²) in [7, 11) is 0. The number of ether oxygens (including phenoxy) is 1. The molecule has 2 rings (SSSR count). The number of hydrogen-bond donors (Lipinski definition) is 1. The van der Waals surface area contributed by atoms with Gasteiger partial charge in [-0.05, 0) is 42.2 Å². The second kappa shape index (κ2) is 5.54. The summed E-state index contributed by atoms with van der Waals surface area (Å²) >= 11 is 0. The first-order valence-corrected chi connectivity index (χ1v) is 6.19. The predicted molar refractivity (Wildman–Crippen MR) is 73.9 cm³/mol. The molecule has 3 nitrogen and oxygen atoms in total. The molecule has 94 valence electrons. The maximum absolute atomic E-state index is 5.78. The molecule has 1 aromatic heterocycles. The quantitative estimate of drug-likeness (QED) is 0.882. The molecular weight excluding hydrogens is 224 g/mol. The van der Waals surface area contributed by atoms with E-state index in [9.17, 15) is 0 Å². The minimum absolute atomic E-state index is 0.453. The van der Waals surface area contributed by atoms with E-state index in [1.54, 1.807) is 18.3 Å². The predicted octanol–water partition coefficient (Wildman–Crippen LogP) is 3.97. The summed E-state index contributed by atoms with van der Waals surface area (Å²) in [6, 6.07) is 11.6. The highest BCUT2D eigenvalue weighted by Crippen LogP contribution is 2.26. The highest BCUT2D eigenvalue weighted by Gasteiger charge is 2.05. The third kappa shape index (κ3) is 2.80. The first-order chi connectivity index (χ1) is 8.70. The van der Waals surface area contributed by atoms with E-state index in [-0.39, 0.29) is 0 Å². The van der Waals surface area contributed by atoms with Crippen molar-refractivity contribution in [2.24, 2.45) is 0 Å². The molecule has 0 saturated carbocycles. The van der Waals surface area contributed by atoms with Crippen molar-refractivity contribution in [3.8, 4) is 11.6 Å². The van der Waals surface area contributed by atoms with Crippen LogP contribution < -0.4 is 10.5 Å². The second-order valence-corrected chi connectivity index (χ2v) is 4.38. The van der Waals surface area contributed by atoms with Crippen molar-refractivity contribution in [3.63, 3.8) is 0 Å². The Labute approximate surface area is 108 Å². The number of nitrogens with two attached hydrogens (primary N) is 1. The number of aromatic nitrogens is 1. The van der Waals surface area contributed by atoms with Crippen molar-refractivity contribution in [2.75, 3.05) is 5.73 Å². The van der Waals surface area contributed by atoms with Crippen LogP contribution in [0.5, 0.6) is 11.6 Å². The van der Waals surface area contributed by atoms with Gasteiger partial charge in [-0.3, -0.25) is 0 Å². The summed E-state index contributed by atoms with van der Waals surface area (Å²) in [6.07, 6.45) is 2.80. The number of pyridine rings is 1. The Hall–Kier alpha value is -2.03. The number of nitrogens with zero attached hydrogens (tertiary/aromatic N) is 1. The lowest BCUT2D eigenvalue weighted by atomic mass is 9.99. The van der Waals surface area contributed by atoms with Gasteiger partial charge in [-0.15, -0.1) is 0 Å². The Morgan fingerprint density at radius 1 is 1.22 bits per heavy atom. The molecule has 2 N–H and O–H groups in total. The molecule has 1 aromatic carbocycles. The number of benzene rings is 1. The summed E-state index contributed by atoms with van der Waals surface area (Å²) in [5.74, 6) is 1.78. The van der Waals surface area contributed by atoms with Gasteiger partial charge >= 0.3 is 0 Å². The Kier molecular flexibility index (Phi) is 3.82. The molecule has 0 amide bonds. The number of hydrogen-bond acceptors (Lipinski definition) is 3. The van der Waals surface area contributed by atoms with Gasteiger partial charge in [-0.2, -0.15) is 0 Å². The molecule has 2 aromatic rings. The van der Waals surface area contributed by atoms with Gasteiger partial charge in [0.15, 0.2) is 0 Å². The van der Waals surface area contributed by atoms with Crippen molar-refractivity contribution >= 4 is 5.69 Å². The first kappa shape index (κ1) is 12.4. The van der Waals surface area contributed by atoms with E-state index in [0.29, 0.717) is 17.5 Å². The standard InChI is InChI=1S/C15H18N2O/c1-3-11(2)12-6-8-13(9-7-12)18-15-14(16)5-4-10-17-15/h4-11H,3,16H2,1-2H3. The molecule has 0 aliphatic heterocycles. The van der Waals surface area contributed by atoms with Crippen molar-refractivity contribution in [2.45, 2.75) is 26.2 Å². The Bertz CT molecular complexity index is 508. The van der Waals surface area contributed by atoms with E-state index in [1.807, 2.05) is 12.1 Å². The molecule has 1 atom stereocenters. The lowest BCUT2D eigenvalue weighted by Crippen LogP contribution is -1.95. The van der Waals surface area contributed by atoms with E-state index in [1.165, 1.54) is 5.56 Å². The Morgan fingerprint density at radius 3 is 2.56 bits per heavy atom. The molecule has 0 aliphatic rings. The molecule has 3 heteroatoms. The fourth-order valence-electron chi connectivity index (χ4n) is 1.70. The van der Waals surface area contributed by atoms with Gasteiger partial charge in [0.25, 0.3) is 0 Å². The normalized spacial score (nSPS) is 12.1. The minimum atomic E-state index is 0.453. The summed E-state index contributed by atoms with van der Waals surface area (Å²) in [5, 5.41) is 0. The van der Waals surface area contributed by atoms with Crippen molar-refractivity contribution < 1.29 is 4.74 Å². The Morgan fingerprint density at radius 2 is 1.94 bits per heavy atom.